The van der Waals surface area contributed by atoms with Gasteiger partial charge in [-0.3, -0.25) is 9.59 Å². The van der Waals surface area contributed by atoms with Crippen LogP contribution in [-0.2, 0) is 19.7 Å². The minimum Gasteiger partial charge on any atom is -0.497 e. The Morgan fingerprint density at radius 2 is 1.51 bits per heavy atom. The zero-order chi connectivity index (χ0) is 25.9. The Balaban J connectivity index is 1.46. The lowest BCUT2D eigenvalue weighted by Crippen LogP contribution is -2.34. The molecule has 1 aromatic heterocycles. The van der Waals surface area contributed by atoms with Gasteiger partial charge in [-0.1, -0.05) is 72.8 Å². The number of hydrogen-bond acceptors (Lipinski definition) is 5. The van der Waals surface area contributed by atoms with Crippen LogP contribution < -0.4 is 25.5 Å². The van der Waals surface area contributed by atoms with Crippen molar-refractivity contribution in [3.63, 3.8) is 0 Å². The van der Waals surface area contributed by atoms with Crippen LogP contribution >= 0.6 is 0 Å². The molecule has 4 rings (SSSR count). The molecule has 0 saturated heterocycles. The molecule has 1 heterocycles. The minimum absolute atomic E-state index is 0.193. The molecule has 0 atom stereocenters. The normalized spacial score (nSPS) is 10.6. The molecule has 0 unspecified atom stereocenters. The second-order valence-corrected chi connectivity index (χ2v) is 8.56. The minimum atomic E-state index is -0.339. The predicted molar refractivity (Wildman–Crippen MR) is 144 cm³/mol. The molecule has 1 amide bonds. The number of rotatable bonds is 12. The number of carbonyl (C=O) groups is 1. The summed E-state index contributed by atoms with van der Waals surface area (Å²) < 4.78 is 12.8. The molecular weight excluding hydrogens is 466 g/mol. The second-order valence-electron chi connectivity index (χ2n) is 8.56. The Morgan fingerprint density at radius 3 is 2.19 bits per heavy atom. The molecule has 0 fully saturated rings. The molecule has 7 nitrogen and oxygen atoms in total. The number of pyridine rings is 1. The summed E-state index contributed by atoms with van der Waals surface area (Å²) in [6, 6.07) is 28.6. The van der Waals surface area contributed by atoms with Crippen LogP contribution in [0.2, 0.25) is 0 Å². The summed E-state index contributed by atoms with van der Waals surface area (Å²) in [6.45, 7) is 2.39. The fraction of sp³-hybridized carbons (Fsp3) is 0.200. The monoisotopic (exact) mass is 497 g/mol. The van der Waals surface area contributed by atoms with Gasteiger partial charge in [0, 0.05) is 32.2 Å². The van der Waals surface area contributed by atoms with Gasteiger partial charge in [-0.2, -0.15) is 0 Å². The Kier molecular flexibility index (Phi) is 9.10. The van der Waals surface area contributed by atoms with Gasteiger partial charge < -0.3 is 24.7 Å². The summed E-state index contributed by atoms with van der Waals surface area (Å²) in [5, 5.41) is 6.22. The smallest absolute Gasteiger partial charge is 0.268 e. The van der Waals surface area contributed by atoms with Crippen molar-refractivity contribution >= 4 is 5.91 Å². The molecule has 0 aliphatic rings. The third-order valence-electron chi connectivity index (χ3n) is 5.83. The third kappa shape index (κ3) is 7.56. The molecule has 0 saturated carbocycles. The topological polar surface area (TPSA) is 81.6 Å². The highest BCUT2D eigenvalue weighted by atomic mass is 16.5. The molecule has 0 spiro atoms. The Labute approximate surface area is 216 Å². The molecule has 0 bridgehead atoms. The summed E-state index contributed by atoms with van der Waals surface area (Å²) in [5.41, 5.74) is 3.02. The van der Waals surface area contributed by atoms with Gasteiger partial charge in [0.25, 0.3) is 5.91 Å². The second kappa shape index (κ2) is 13.1. The molecule has 0 radical (unpaired) electrons. The Hall–Kier alpha value is -4.36. The first-order valence-corrected chi connectivity index (χ1v) is 12.2. The summed E-state index contributed by atoms with van der Waals surface area (Å²) >= 11 is 0. The number of hydrogen-bond donors (Lipinski definition) is 2. The van der Waals surface area contributed by atoms with E-state index in [0.29, 0.717) is 26.2 Å². The van der Waals surface area contributed by atoms with E-state index in [-0.39, 0.29) is 29.4 Å². The highest BCUT2D eigenvalue weighted by molar-refractivity contribution is 5.92. The summed E-state index contributed by atoms with van der Waals surface area (Å²) in [5.74, 6) is 0.622. The molecule has 190 valence electrons. The lowest BCUT2D eigenvalue weighted by atomic mass is 10.2. The summed E-state index contributed by atoms with van der Waals surface area (Å²) in [4.78, 5) is 25.9. The lowest BCUT2D eigenvalue weighted by Gasteiger charge is -2.16. The lowest BCUT2D eigenvalue weighted by molar-refractivity contribution is 0.0944. The fourth-order valence-electron chi connectivity index (χ4n) is 3.83. The molecule has 4 aromatic rings. The van der Waals surface area contributed by atoms with Crippen LogP contribution in [0, 0.1) is 0 Å². The van der Waals surface area contributed by atoms with Crippen molar-refractivity contribution in [3.8, 4) is 11.5 Å². The zero-order valence-electron chi connectivity index (χ0n) is 20.9. The molecule has 0 aliphatic heterocycles. The van der Waals surface area contributed by atoms with Crippen LogP contribution in [-0.4, -0.2) is 30.7 Å². The van der Waals surface area contributed by atoms with E-state index in [2.05, 4.69) is 10.6 Å². The van der Waals surface area contributed by atoms with Crippen LogP contribution in [0.1, 0.15) is 27.2 Å². The third-order valence-corrected chi connectivity index (χ3v) is 5.83. The van der Waals surface area contributed by atoms with E-state index in [1.165, 1.54) is 11.6 Å². The van der Waals surface area contributed by atoms with E-state index in [1.807, 2.05) is 84.9 Å². The van der Waals surface area contributed by atoms with Crippen molar-refractivity contribution in [3.05, 3.63) is 130 Å². The maximum absolute atomic E-state index is 13.1. The van der Waals surface area contributed by atoms with Crippen molar-refractivity contribution in [2.75, 3.05) is 20.2 Å². The first-order chi connectivity index (χ1) is 18.1. The average molecular weight is 498 g/mol. The quantitative estimate of drug-likeness (QED) is 0.289. The van der Waals surface area contributed by atoms with E-state index in [1.54, 1.807) is 17.9 Å². The number of carbonyl (C=O) groups excluding carboxylic acids is 1. The number of benzene rings is 3. The van der Waals surface area contributed by atoms with Crippen molar-refractivity contribution in [2.24, 2.45) is 0 Å². The van der Waals surface area contributed by atoms with E-state index >= 15 is 0 Å². The molecule has 0 aliphatic carbocycles. The molecule has 37 heavy (non-hydrogen) atoms. The van der Waals surface area contributed by atoms with Gasteiger partial charge in [0.1, 0.15) is 18.1 Å². The molecular formula is C30H31N3O4. The molecule has 3 aromatic carbocycles. The van der Waals surface area contributed by atoms with Crippen LogP contribution in [0.25, 0.3) is 0 Å². The Bertz CT molecular complexity index is 1340. The van der Waals surface area contributed by atoms with Gasteiger partial charge in [-0.15, -0.1) is 0 Å². The van der Waals surface area contributed by atoms with E-state index in [9.17, 15) is 9.59 Å². The summed E-state index contributed by atoms with van der Waals surface area (Å²) in [6.07, 6.45) is 1.61. The average Bonchev–Trinajstić information content (AvgIpc) is 2.94. The highest BCUT2D eigenvalue weighted by Gasteiger charge is 2.15. The fourth-order valence-corrected chi connectivity index (χ4v) is 3.83. The zero-order valence-corrected chi connectivity index (χ0v) is 20.9. The van der Waals surface area contributed by atoms with Crippen molar-refractivity contribution in [1.29, 1.82) is 0 Å². The van der Waals surface area contributed by atoms with Gasteiger partial charge in [0.05, 0.1) is 13.3 Å². The number of methoxy groups -OCH3 is 1. The number of ether oxygens (including phenoxy) is 2. The first-order valence-electron chi connectivity index (χ1n) is 12.2. The van der Waals surface area contributed by atoms with Crippen molar-refractivity contribution in [2.45, 2.75) is 19.7 Å². The SMILES string of the molecule is COc1ccc(Cn2cc(OCc3ccccc3)c(=O)cc2C(=O)NCCNCc2ccccc2)cc1. The number of amides is 1. The molecule has 2 N–H and O–H groups in total. The van der Waals surface area contributed by atoms with Gasteiger partial charge in [0.2, 0.25) is 5.43 Å². The number of aromatic nitrogens is 1. The predicted octanol–water partition coefficient (Wildman–Crippen LogP) is 4.00. The van der Waals surface area contributed by atoms with Gasteiger partial charge in [-0.25, -0.2) is 0 Å². The molecule has 7 heteroatoms. The van der Waals surface area contributed by atoms with Crippen molar-refractivity contribution in [1.82, 2.24) is 15.2 Å². The van der Waals surface area contributed by atoms with E-state index < -0.39 is 0 Å². The number of nitrogens with one attached hydrogen (secondary N) is 2. The highest BCUT2D eigenvalue weighted by Crippen LogP contribution is 2.16. The largest absolute Gasteiger partial charge is 0.497 e. The van der Waals surface area contributed by atoms with Gasteiger partial charge in [-0.05, 0) is 28.8 Å². The van der Waals surface area contributed by atoms with E-state index in [0.717, 1.165) is 16.9 Å². The van der Waals surface area contributed by atoms with Crippen LogP contribution in [0.5, 0.6) is 11.5 Å². The Morgan fingerprint density at radius 1 is 0.838 bits per heavy atom. The maximum atomic E-state index is 13.1. The van der Waals surface area contributed by atoms with Crippen LogP contribution in [0.4, 0.5) is 0 Å². The van der Waals surface area contributed by atoms with Crippen LogP contribution in [0.15, 0.2) is 102 Å². The standard InChI is InChI=1S/C30H31N3O4/c1-36-26-14-12-24(13-15-26)20-33-21-29(37-22-25-10-6-3-7-11-25)28(34)18-27(33)30(35)32-17-16-31-19-23-8-4-2-5-9-23/h2-15,18,21,31H,16-17,19-20,22H2,1H3,(H,32,35). The van der Waals surface area contributed by atoms with E-state index in [4.69, 9.17) is 9.47 Å². The van der Waals surface area contributed by atoms with Crippen molar-refractivity contribution < 1.29 is 14.3 Å². The first kappa shape index (κ1) is 25.7. The van der Waals surface area contributed by atoms with Gasteiger partial charge in [0.15, 0.2) is 5.75 Å². The van der Waals surface area contributed by atoms with Crippen LogP contribution in [0.3, 0.4) is 0 Å². The maximum Gasteiger partial charge on any atom is 0.268 e. The number of nitrogens with zero attached hydrogens (tertiary/aromatic N) is 1. The summed E-state index contributed by atoms with van der Waals surface area (Å²) in [7, 11) is 1.62. The van der Waals surface area contributed by atoms with Gasteiger partial charge >= 0.3 is 0 Å².